The van der Waals surface area contributed by atoms with Crippen LogP contribution in [0.5, 0.6) is 11.5 Å². The molecule has 0 radical (unpaired) electrons. The maximum Gasteiger partial charge on any atom is 0.242 e. The Morgan fingerprint density at radius 3 is 2.59 bits per heavy atom. The molecule has 0 aromatic heterocycles. The topological polar surface area (TPSA) is 67.9 Å². The molecule has 0 bridgehead atoms. The van der Waals surface area contributed by atoms with Gasteiger partial charge >= 0.3 is 0 Å². The van der Waals surface area contributed by atoms with E-state index in [2.05, 4.69) is 5.32 Å². The number of carbonyl (C=O) groups is 2. The maximum absolute atomic E-state index is 13.1. The molecule has 1 N–H and O–H groups in total. The van der Waals surface area contributed by atoms with Crippen molar-refractivity contribution in [3.63, 3.8) is 0 Å². The molecule has 2 aromatic rings. The van der Waals surface area contributed by atoms with Gasteiger partial charge in [-0.15, -0.1) is 0 Å². The van der Waals surface area contributed by atoms with Crippen LogP contribution < -0.4 is 19.7 Å². The number of anilines is 2. The quantitative estimate of drug-likeness (QED) is 0.848. The fraction of sp³-hybridized carbons (Fsp3) is 0.333. The molecule has 2 aromatic carbocycles. The first-order valence-electron chi connectivity index (χ1n) is 9.08. The van der Waals surface area contributed by atoms with Crippen molar-refractivity contribution in [2.24, 2.45) is 5.41 Å². The maximum atomic E-state index is 13.1. The Morgan fingerprint density at radius 1 is 1.04 bits per heavy atom. The minimum Gasteiger partial charge on any atom is -0.486 e. The van der Waals surface area contributed by atoms with E-state index in [1.54, 1.807) is 36.9 Å². The minimum atomic E-state index is -1.20. The second-order valence-corrected chi connectivity index (χ2v) is 7.27. The Balaban J connectivity index is 1.52. The van der Waals surface area contributed by atoms with Gasteiger partial charge in [-0.2, -0.15) is 0 Å². The second kappa shape index (κ2) is 6.61. The van der Waals surface area contributed by atoms with E-state index in [-0.39, 0.29) is 11.8 Å². The molecule has 27 heavy (non-hydrogen) atoms. The average molecular weight is 366 g/mol. The molecule has 0 saturated heterocycles. The second-order valence-electron chi connectivity index (χ2n) is 7.27. The summed E-state index contributed by atoms with van der Waals surface area (Å²) in [6, 6.07) is 13.0. The number of nitrogens with one attached hydrogen (secondary N) is 1. The number of nitrogens with zero attached hydrogens (tertiary/aromatic N) is 1. The average Bonchev–Trinajstić information content (AvgIpc) is 3.11. The lowest BCUT2D eigenvalue weighted by Gasteiger charge is -2.29. The molecule has 4 rings (SSSR count). The van der Waals surface area contributed by atoms with Gasteiger partial charge in [-0.1, -0.05) is 18.2 Å². The largest absolute Gasteiger partial charge is 0.486 e. The summed E-state index contributed by atoms with van der Waals surface area (Å²) in [6.45, 7) is 4.90. The summed E-state index contributed by atoms with van der Waals surface area (Å²) in [5, 5.41) is 2.84. The first kappa shape index (κ1) is 17.4. The van der Waals surface area contributed by atoms with Gasteiger partial charge < -0.3 is 19.7 Å². The van der Waals surface area contributed by atoms with Crippen molar-refractivity contribution in [3.8, 4) is 11.5 Å². The lowest BCUT2D eigenvalue weighted by atomic mass is 9.90. The van der Waals surface area contributed by atoms with Crippen molar-refractivity contribution in [1.29, 1.82) is 0 Å². The van der Waals surface area contributed by atoms with Gasteiger partial charge in [-0.05, 0) is 44.0 Å². The Morgan fingerprint density at radius 2 is 1.78 bits per heavy atom. The zero-order valence-corrected chi connectivity index (χ0v) is 15.5. The molecule has 2 aliphatic rings. The van der Waals surface area contributed by atoms with E-state index >= 15 is 0 Å². The molecule has 0 unspecified atom stereocenters. The fourth-order valence-corrected chi connectivity index (χ4v) is 3.39. The highest BCUT2D eigenvalue weighted by molar-refractivity contribution is 6.15. The van der Waals surface area contributed by atoms with Gasteiger partial charge in [0.25, 0.3) is 0 Å². The van der Waals surface area contributed by atoms with Crippen LogP contribution in [0.4, 0.5) is 11.4 Å². The molecule has 6 nitrogen and oxygen atoms in total. The van der Waals surface area contributed by atoms with E-state index in [1.165, 1.54) is 0 Å². The number of amides is 2. The van der Waals surface area contributed by atoms with Gasteiger partial charge in [0.15, 0.2) is 11.5 Å². The number of hydrogen-bond acceptors (Lipinski definition) is 4. The number of hydrogen-bond donors (Lipinski definition) is 1. The summed E-state index contributed by atoms with van der Waals surface area (Å²) < 4.78 is 11.0. The summed E-state index contributed by atoms with van der Waals surface area (Å²) in [4.78, 5) is 27.7. The first-order chi connectivity index (χ1) is 13.0. The molecule has 0 saturated carbocycles. The highest BCUT2D eigenvalue weighted by Crippen LogP contribution is 2.35. The third-order valence-corrected chi connectivity index (χ3v) is 5.03. The van der Waals surface area contributed by atoms with Crippen LogP contribution >= 0.6 is 0 Å². The third kappa shape index (κ3) is 3.12. The summed E-state index contributed by atoms with van der Waals surface area (Å²) in [5.41, 5.74) is 1.40. The normalized spacial score (nSPS) is 15.3. The van der Waals surface area contributed by atoms with Gasteiger partial charge in [-0.3, -0.25) is 9.59 Å². The van der Waals surface area contributed by atoms with Gasteiger partial charge in [0.05, 0.1) is 0 Å². The van der Waals surface area contributed by atoms with Gasteiger partial charge in [0.2, 0.25) is 11.8 Å². The Hall–Kier alpha value is -3.02. The minimum absolute atomic E-state index is 0.206. The van der Waals surface area contributed by atoms with Crippen LogP contribution in [-0.2, 0) is 16.0 Å². The summed E-state index contributed by atoms with van der Waals surface area (Å²) in [5.74, 6) is 0.691. The van der Waals surface area contributed by atoms with Crippen molar-refractivity contribution in [2.45, 2.75) is 20.3 Å². The number of rotatable bonds is 3. The van der Waals surface area contributed by atoms with Crippen LogP contribution in [0.1, 0.15) is 19.4 Å². The van der Waals surface area contributed by atoms with Crippen molar-refractivity contribution in [2.75, 3.05) is 30.0 Å². The third-order valence-electron chi connectivity index (χ3n) is 5.03. The van der Waals surface area contributed by atoms with Crippen LogP contribution in [0.15, 0.2) is 42.5 Å². The lowest BCUT2D eigenvalue weighted by molar-refractivity contribution is -0.136. The summed E-state index contributed by atoms with van der Waals surface area (Å²) in [7, 11) is 0. The molecule has 0 atom stereocenters. The highest BCUT2D eigenvalue weighted by Gasteiger charge is 2.41. The van der Waals surface area contributed by atoms with Crippen LogP contribution in [0.2, 0.25) is 0 Å². The van der Waals surface area contributed by atoms with Gasteiger partial charge in [-0.25, -0.2) is 0 Å². The van der Waals surface area contributed by atoms with E-state index in [1.807, 2.05) is 24.3 Å². The number of carbonyl (C=O) groups excluding carboxylic acids is 2. The van der Waals surface area contributed by atoms with Crippen molar-refractivity contribution < 1.29 is 19.1 Å². The fourth-order valence-electron chi connectivity index (χ4n) is 3.39. The number of benzene rings is 2. The van der Waals surface area contributed by atoms with Crippen molar-refractivity contribution in [1.82, 2.24) is 0 Å². The smallest absolute Gasteiger partial charge is 0.242 e. The van der Waals surface area contributed by atoms with E-state index in [0.29, 0.717) is 36.9 Å². The van der Waals surface area contributed by atoms with Crippen molar-refractivity contribution in [3.05, 3.63) is 48.0 Å². The summed E-state index contributed by atoms with van der Waals surface area (Å²) >= 11 is 0. The number of fused-ring (bicyclic) bond motifs is 2. The van der Waals surface area contributed by atoms with E-state index in [4.69, 9.17) is 9.47 Å². The Kier molecular flexibility index (Phi) is 4.26. The SMILES string of the molecule is CC(C)(C(=O)Nc1ccc2c(c1)OCCO2)C(=O)N1CCc2ccccc21. The molecule has 6 heteroatoms. The van der Waals surface area contributed by atoms with Crippen LogP contribution in [0.3, 0.4) is 0 Å². The standard InChI is InChI=1S/C21H22N2O4/c1-21(2,20(25)23-10-9-14-5-3-4-6-16(14)23)19(24)22-15-7-8-17-18(13-15)27-12-11-26-17/h3-8,13H,9-12H2,1-2H3,(H,22,24). The number of ether oxygens (including phenoxy) is 2. The Bertz CT molecular complexity index is 907. The molecule has 2 aliphatic heterocycles. The first-order valence-corrected chi connectivity index (χ1v) is 9.08. The zero-order valence-electron chi connectivity index (χ0n) is 15.5. The molecule has 0 spiro atoms. The molecule has 0 aliphatic carbocycles. The van der Waals surface area contributed by atoms with Crippen LogP contribution in [-0.4, -0.2) is 31.6 Å². The van der Waals surface area contributed by atoms with E-state index in [0.717, 1.165) is 17.7 Å². The Labute approximate surface area is 158 Å². The monoisotopic (exact) mass is 366 g/mol. The lowest BCUT2D eigenvalue weighted by Crippen LogP contribution is -2.47. The summed E-state index contributed by atoms with van der Waals surface area (Å²) in [6.07, 6.45) is 0.807. The molecular formula is C21H22N2O4. The predicted molar refractivity (Wildman–Crippen MR) is 102 cm³/mol. The molecule has 0 fully saturated rings. The molecule has 2 heterocycles. The predicted octanol–water partition coefficient (Wildman–Crippen LogP) is 3.01. The van der Waals surface area contributed by atoms with Gasteiger partial charge in [0.1, 0.15) is 18.6 Å². The van der Waals surface area contributed by atoms with Crippen LogP contribution in [0.25, 0.3) is 0 Å². The highest BCUT2D eigenvalue weighted by atomic mass is 16.6. The van der Waals surface area contributed by atoms with E-state index < -0.39 is 5.41 Å². The molecular weight excluding hydrogens is 344 g/mol. The molecule has 2 amide bonds. The van der Waals surface area contributed by atoms with E-state index in [9.17, 15) is 9.59 Å². The zero-order chi connectivity index (χ0) is 19.0. The van der Waals surface area contributed by atoms with Crippen LogP contribution in [0, 0.1) is 5.41 Å². The van der Waals surface area contributed by atoms with Gasteiger partial charge in [0, 0.05) is 24.0 Å². The molecule has 140 valence electrons. The number of para-hydroxylation sites is 1. The van der Waals surface area contributed by atoms with Crippen molar-refractivity contribution >= 4 is 23.2 Å².